The fourth-order valence-electron chi connectivity index (χ4n) is 4.10. The molecular weight excluding hydrogens is 274 g/mol. The molecule has 1 spiro atoms. The van der Waals surface area contributed by atoms with E-state index in [0.29, 0.717) is 12.3 Å². The van der Waals surface area contributed by atoms with Gasteiger partial charge in [0.2, 0.25) is 0 Å². The Morgan fingerprint density at radius 3 is 2.50 bits per heavy atom. The summed E-state index contributed by atoms with van der Waals surface area (Å²) < 4.78 is 29.8. The zero-order chi connectivity index (χ0) is 14.1. The van der Waals surface area contributed by atoms with Crippen LogP contribution in [0.3, 0.4) is 0 Å². The van der Waals surface area contributed by atoms with Gasteiger partial charge in [-0.1, -0.05) is 19.3 Å². The SMILES string of the molecule is O=S1(=O)CCCC1CNCC1CCC2(CCCCC2)O1. The molecule has 0 radical (unpaired) electrons. The molecule has 3 fully saturated rings. The van der Waals surface area contributed by atoms with Gasteiger partial charge in [0.05, 0.1) is 22.7 Å². The summed E-state index contributed by atoms with van der Waals surface area (Å²) in [5.74, 6) is 0.377. The summed E-state index contributed by atoms with van der Waals surface area (Å²) in [5, 5.41) is 3.18. The van der Waals surface area contributed by atoms with Gasteiger partial charge in [-0.25, -0.2) is 8.42 Å². The van der Waals surface area contributed by atoms with Crippen LogP contribution < -0.4 is 5.32 Å². The molecule has 116 valence electrons. The van der Waals surface area contributed by atoms with E-state index in [4.69, 9.17) is 4.74 Å². The fourth-order valence-corrected chi connectivity index (χ4v) is 5.90. The molecule has 1 N–H and O–H groups in total. The Morgan fingerprint density at radius 1 is 1.00 bits per heavy atom. The molecule has 1 saturated carbocycles. The summed E-state index contributed by atoms with van der Waals surface area (Å²) in [6.07, 6.45) is 10.7. The van der Waals surface area contributed by atoms with Crippen LogP contribution >= 0.6 is 0 Å². The summed E-state index contributed by atoms with van der Waals surface area (Å²) in [6, 6.07) is 0. The Kier molecular flexibility index (Phi) is 4.39. The quantitative estimate of drug-likeness (QED) is 0.863. The molecule has 0 aromatic rings. The third-order valence-electron chi connectivity index (χ3n) is 5.31. The van der Waals surface area contributed by atoms with Crippen LogP contribution in [-0.2, 0) is 14.6 Å². The van der Waals surface area contributed by atoms with E-state index in [1.165, 1.54) is 38.5 Å². The van der Waals surface area contributed by atoms with Gasteiger partial charge in [-0.15, -0.1) is 0 Å². The average molecular weight is 301 g/mol. The van der Waals surface area contributed by atoms with Crippen molar-refractivity contribution in [3.8, 4) is 0 Å². The highest BCUT2D eigenvalue weighted by Crippen LogP contribution is 2.41. The van der Waals surface area contributed by atoms with Gasteiger partial charge >= 0.3 is 0 Å². The van der Waals surface area contributed by atoms with E-state index in [1.807, 2.05) is 0 Å². The van der Waals surface area contributed by atoms with E-state index < -0.39 is 9.84 Å². The largest absolute Gasteiger partial charge is 0.370 e. The molecule has 1 aliphatic carbocycles. The van der Waals surface area contributed by atoms with Crippen molar-refractivity contribution in [1.29, 1.82) is 0 Å². The minimum absolute atomic E-state index is 0.160. The third-order valence-corrected chi connectivity index (χ3v) is 7.59. The molecule has 2 aliphatic heterocycles. The van der Waals surface area contributed by atoms with Crippen LogP contribution in [0.5, 0.6) is 0 Å². The predicted octanol–water partition coefficient (Wildman–Crippen LogP) is 2.04. The Morgan fingerprint density at radius 2 is 1.80 bits per heavy atom. The fraction of sp³-hybridized carbons (Fsp3) is 1.00. The van der Waals surface area contributed by atoms with Gasteiger partial charge in [-0.2, -0.15) is 0 Å². The van der Waals surface area contributed by atoms with Crippen LogP contribution in [0.2, 0.25) is 0 Å². The second-order valence-corrected chi connectivity index (χ2v) is 9.21. The van der Waals surface area contributed by atoms with Crippen molar-refractivity contribution < 1.29 is 13.2 Å². The van der Waals surface area contributed by atoms with Crippen LogP contribution in [0.4, 0.5) is 0 Å². The Bertz CT molecular complexity index is 428. The molecule has 3 rings (SSSR count). The predicted molar refractivity (Wildman–Crippen MR) is 79.6 cm³/mol. The lowest BCUT2D eigenvalue weighted by Gasteiger charge is -2.33. The van der Waals surface area contributed by atoms with Crippen molar-refractivity contribution in [3.05, 3.63) is 0 Å². The summed E-state index contributed by atoms with van der Waals surface area (Å²) in [6.45, 7) is 1.42. The second-order valence-electron chi connectivity index (χ2n) is 6.81. The first-order chi connectivity index (χ1) is 9.60. The maximum absolute atomic E-state index is 11.8. The van der Waals surface area contributed by atoms with Gasteiger partial charge in [0, 0.05) is 13.1 Å². The highest BCUT2D eigenvalue weighted by atomic mass is 32.2. The molecule has 2 atom stereocenters. The van der Waals surface area contributed by atoms with E-state index in [2.05, 4.69) is 5.32 Å². The standard InChI is InChI=1S/C15H27NO3S/c17-20(18)10-4-5-14(20)12-16-11-13-6-9-15(19-13)7-2-1-3-8-15/h13-14,16H,1-12H2. The minimum Gasteiger partial charge on any atom is -0.370 e. The van der Waals surface area contributed by atoms with Crippen LogP contribution in [-0.4, -0.2) is 44.2 Å². The lowest BCUT2D eigenvalue weighted by molar-refractivity contribution is -0.0622. The molecule has 0 aromatic carbocycles. The zero-order valence-corrected chi connectivity index (χ0v) is 13.1. The monoisotopic (exact) mass is 301 g/mol. The Labute approximate surface area is 122 Å². The molecule has 5 heteroatoms. The van der Waals surface area contributed by atoms with Crippen LogP contribution in [0.1, 0.15) is 57.8 Å². The molecule has 4 nitrogen and oxygen atoms in total. The van der Waals surface area contributed by atoms with Gasteiger partial charge in [0.1, 0.15) is 0 Å². The number of ether oxygens (including phenoxy) is 1. The Balaban J connectivity index is 1.42. The van der Waals surface area contributed by atoms with Crippen molar-refractivity contribution >= 4 is 9.84 Å². The van der Waals surface area contributed by atoms with Gasteiger partial charge in [0.15, 0.2) is 9.84 Å². The van der Waals surface area contributed by atoms with E-state index in [1.54, 1.807) is 0 Å². The van der Waals surface area contributed by atoms with E-state index in [-0.39, 0.29) is 17.0 Å². The van der Waals surface area contributed by atoms with Gasteiger partial charge in [-0.3, -0.25) is 0 Å². The Hall–Kier alpha value is -0.130. The minimum atomic E-state index is -2.81. The summed E-state index contributed by atoms with van der Waals surface area (Å²) in [4.78, 5) is 0. The lowest BCUT2D eigenvalue weighted by Crippen LogP contribution is -2.37. The normalized spacial score (nSPS) is 35.6. The molecule has 3 aliphatic rings. The highest BCUT2D eigenvalue weighted by molar-refractivity contribution is 7.92. The number of hydrogen-bond acceptors (Lipinski definition) is 4. The van der Waals surface area contributed by atoms with Crippen molar-refractivity contribution in [2.75, 3.05) is 18.8 Å². The molecule has 0 bridgehead atoms. The lowest BCUT2D eigenvalue weighted by atomic mass is 9.83. The summed E-state index contributed by atoms with van der Waals surface area (Å²) >= 11 is 0. The molecular formula is C15H27NO3S. The zero-order valence-electron chi connectivity index (χ0n) is 12.3. The highest BCUT2D eigenvalue weighted by Gasteiger charge is 2.40. The van der Waals surface area contributed by atoms with Crippen molar-refractivity contribution in [1.82, 2.24) is 5.32 Å². The number of sulfone groups is 1. The summed E-state index contributed by atoms with van der Waals surface area (Å²) in [5.41, 5.74) is 0.171. The van der Waals surface area contributed by atoms with Gasteiger partial charge in [0.25, 0.3) is 0 Å². The van der Waals surface area contributed by atoms with Crippen molar-refractivity contribution in [2.24, 2.45) is 0 Å². The molecule has 0 amide bonds. The van der Waals surface area contributed by atoms with Crippen molar-refractivity contribution in [2.45, 2.75) is 74.7 Å². The topological polar surface area (TPSA) is 55.4 Å². The van der Waals surface area contributed by atoms with Gasteiger partial charge < -0.3 is 10.1 Å². The van der Waals surface area contributed by atoms with Crippen LogP contribution in [0.15, 0.2) is 0 Å². The van der Waals surface area contributed by atoms with E-state index in [9.17, 15) is 8.42 Å². The summed E-state index contributed by atoms with van der Waals surface area (Å²) in [7, 11) is -2.81. The molecule has 0 aromatic heterocycles. The molecule has 20 heavy (non-hydrogen) atoms. The average Bonchev–Trinajstić information content (AvgIpc) is 2.95. The van der Waals surface area contributed by atoms with Gasteiger partial charge in [-0.05, 0) is 38.5 Å². The number of hydrogen-bond donors (Lipinski definition) is 1. The van der Waals surface area contributed by atoms with Crippen molar-refractivity contribution in [3.63, 3.8) is 0 Å². The third kappa shape index (κ3) is 3.20. The van der Waals surface area contributed by atoms with Crippen LogP contribution in [0, 0.1) is 0 Å². The molecule has 2 heterocycles. The van der Waals surface area contributed by atoms with Crippen LogP contribution in [0.25, 0.3) is 0 Å². The van der Waals surface area contributed by atoms with E-state index in [0.717, 1.165) is 25.8 Å². The molecule has 2 unspecified atom stereocenters. The number of nitrogens with one attached hydrogen (secondary N) is 1. The smallest absolute Gasteiger partial charge is 0.154 e. The first-order valence-electron chi connectivity index (χ1n) is 8.20. The number of rotatable bonds is 4. The maximum Gasteiger partial charge on any atom is 0.154 e. The van der Waals surface area contributed by atoms with E-state index >= 15 is 0 Å². The molecule has 2 saturated heterocycles. The first kappa shape index (κ1) is 14.8. The maximum atomic E-state index is 11.8. The second kappa shape index (κ2) is 5.93. The first-order valence-corrected chi connectivity index (χ1v) is 9.91.